The Balaban J connectivity index is 1.87. The van der Waals surface area contributed by atoms with Crippen LogP contribution in [0, 0.1) is 11.3 Å². The van der Waals surface area contributed by atoms with Crippen molar-refractivity contribution in [3.8, 4) is 6.07 Å². The van der Waals surface area contributed by atoms with Gasteiger partial charge in [0.25, 0.3) is 5.91 Å². The van der Waals surface area contributed by atoms with E-state index in [1.165, 1.54) is 0 Å². The Labute approximate surface area is 112 Å². The van der Waals surface area contributed by atoms with Crippen molar-refractivity contribution in [1.82, 2.24) is 4.90 Å². The van der Waals surface area contributed by atoms with Gasteiger partial charge in [0, 0.05) is 17.6 Å². The number of fused-ring (bicyclic) bond motifs is 2. The van der Waals surface area contributed by atoms with Gasteiger partial charge in [0.15, 0.2) is 0 Å². The Bertz CT molecular complexity index is 535. The molecule has 2 aliphatic heterocycles. The molecule has 98 valence electrons. The Hall–Kier alpha value is -1.86. The molecule has 1 aromatic rings. The second-order valence-corrected chi connectivity index (χ2v) is 5.42. The van der Waals surface area contributed by atoms with E-state index >= 15 is 0 Å². The summed E-state index contributed by atoms with van der Waals surface area (Å²) in [5.41, 5.74) is 1.09. The van der Waals surface area contributed by atoms with Crippen molar-refractivity contribution < 1.29 is 9.90 Å². The highest BCUT2D eigenvalue weighted by Gasteiger charge is 2.42. The number of rotatable bonds is 1. The first-order valence-electron chi connectivity index (χ1n) is 6.70. The second-order valence-electron chi connectivity index (χ2n) is 5.42. The Morgan fingerprint density at radius 3 is 2.63 bits per heavy atom. The summed E-state index contributed by atoms with van der Waals surface area (Å²) >= 11 is 0. The van der Waals surface area contributed by atoms with Crippen molar-refractivity contribution in [3.05, 3.63) is 35.4 Å². The van der Waals surface area contributed by atoms with Crippen LogP contribution in [-0.2, 0) is 0 Å². The molecule has 1 N–H and O–H groups in total. The molecule has 2 saturated heterocycles. The number of nitrogens with zero attached hydrogens (tertiary/aromatic N) is 2. The van der Waals surface area contributed by atoms with Gasteiger partial charge < -0.3 is 10.0 Å². The minimum absolute atomic E-state index is 0.00324. The number of benzene rings is 1. The maximum atomic E-state index is 12.6. The van der Waals surface area contributed by atoms with Gasteiger partial charge in [-0.1, -0.05) is 6.07 Å². The number of amides is 1. The van der Waals surface area contributed by atoms with Crippen molar-refractivity contribution in [1.29, 1.82) is 5.26 Å². The summed E-state index contributed by atoms with van der Waals surface area (Å²) in [5, 5.41) is 18.7. The fourth-order valence-electron chi connectivity index (χ4n) is 3.35. The van der Waals surface area contributed by atoms with Crippen LogP contribution in [-0.4, -0.2) is 34.1 Å². The van der Waals surface area contributed by atoms with Crippen molar-refractivity contribution in [2.45, 2.75) is 43.9 Å². The van der Waals surface area contributed by atoms with E-state index in [2.05, 4.69) is 6.07 Å². The lowest BCUT2D eigenvalue weighted by molar-refractivity contribution is 0.0287. The highest BCUT2D eigenvalue weighted by molar-refractivity contribution is 5.95. The third-order valence-electron chi connectivity index (χ3n) is 4.18. The van der Waals surface area contributed by atoms with Crippen molar-refractivity contribution in [2.75, 3.05) is 0 Å². The number of carbonyl (C=O) groups excluding carboxylic acids is 1. The van der Waals surface area contributed by atoms with Crippen LogP contribution in [0.1, 0.15) is 41.6 Å². The monoisotopic (exact) mass is 256 g/mol. The molecule has 2 heterocycles. The lowest BCUT2D eigenvalue weighted by atomic mass is 9.98. The van der Waals surface area contributed by atoms with E-state index in [9.17, 15) is 9.90 Å². The predicted molar refractivity (Wildman–Crippen MR) is 69.4 cm³/mol. The topological polar surface area (TPSA) is 64.3 Å². The molecule has 1 amide bonds. The molecule has 1 aromatic carbocycles. The number of aliphatic hydroxyl groups excluding tert-OH is 1. The first-order valence-corrected chi connectivity index (χ1v) is 6.70. The molecule has 2 fully saturated rings. The molecule has 0 radical (unpaired) electrons. The van der Waals surface area contributed by atoms with E-state index in [1.54, 1.807) is 24.3 Å². The molecule has 4 nitrogen and oxygen atoms in total. The third-order valence-corrected chi connectivity index (χ3v) is 4.18. The fourth-order valence-corrected chi connectivity index (χ4v) is 3.35. The van der Waals surface area contributed by atoms with Crippen molar-refractivity contribution in [2.24, 2.45) is 0 Å². The maximum Gasteiger partial charge on any atom is 0.254 e. The van der Waals surface area contributed by atoms with Crippen LogP contribution in [0.25, 0.3) is 0 Å². The van der Waals surface area contributed by atoms with E-state index in [4.69, 9.17) is 5.26 Å². The standard InChI is InChI=1S/C15H16N2O2/c16-9-10-2-1-3-11(6-10)15(19)17-12-4-5-13(17)8-14(18)7-12/h1-3,6,12-14,18H,4-5,7-8H2. The number of hydrogen-bond donors (Lipinski definition) is 1. The van der Waals surface area contributed by atoms with E-state index in [0.29, 0.717) is 24.0 Å². The van der Waals surface area contributed by atoms with Crippen LogP contribution >= 0.6 is 0 Å². The Morgan fingerprint density at radius 2 is 2.00 bits per heavy atom. The molecule has 0 aromatic heterocycles. The third kappa shape index (κ3) is 2.11. The Morgan fingerprint density at radius 1 is 1.32 bits per heavy atom. The van der Waals surface area contributed by atoms with E-state index in [-0.39, 0.29) is 24.1 Å². The molecule has 0 aliphatic carbocycles. The zero-order valence-electron chi connectivity index (χ0n) is 10.6. The molecule has 2 unspecified atom stereocenters. The summed E-state index contributed by atoms with van der Waals surface area (Å²) in [7, 11) is 0. The summed E-state index contributed by atoms with van der Waals surface area (Å²) in [5.74, 6) is -0.00324. The van der Waals surface area contributed by atoms with Gasteiger partial charge >= 0.3 is 0 Å². The number of piperidine rings is 1. The Kier molecular flexibility index (Phi) is 3.00. The summed E-state index contributed by atoms with van der Waals surface area (Å²) in [6.07, 6.45) is 3.05. The first kappa shape index (κ1) is 12.2. The minimum Gasteiger partial charge on any atom is -0.393 e. The fraction of sp³-hybridized carbons (Fsp3) is 0.467. The summed E-state index contributed by atoms with van der Waals surface area (Å²) < 4.78 is 0. The molecule has 2 atom stereocenters. The van der Waals surface area contributed by atoms with Crippen LogP contribution in [0.5, 0.6) is 0 Å². The maximum absolute atomic E-state index is 12.6. The lowest BCUT2D eigenvalue weighted by Gasteiger charge is -2.37. The van der Waals surface area contributed by atoms with Gasteiger partial charge in [-0.2, -0.15) is 5.26 Å². The van der Waals surface area contributed by atoms with Crippen LogP contribution in [0.3, 0.4) is 0 Å². The van der Waals surface area contributed by atoms with Gasteiger partial charge in [-0.05, 0) is 43.9 Å². The molecule has 2 bridgehead atoms. The van der Waals surface area contributed by atoms with Gasteiger partial charge in [0.1, 0.15) is 0 Å². The SMILES string of the molecule is N#Cc1cccc(C(=O)N2C3CCC2CC(O)C3)c1. The minimum atomic E-state index is -0.271. The molecule has 0 spiro atoms. The molecule has 19 heavy (non-hydrogen) atoms. The van der Waals surface area contributed by atoms with Gasteiger partial charge in [-0.25, -0.2) is 0 Å². The zero-order valence-corrected chi connectivity index (χ0v) is 10.6. The van der Waals surface area contributed by atoms with Crippen LogP contribution in [0.4, 0.5) is 0 Å². The number of aliphatic hydroxyl groups is 1. The predicted octanol–water partition coefficient (Wildman–Crippen LogP) is 1.69. The van der Waals surface area contributed by atoms with E-state index < -0.39 is 0 Å². The van der Waals surface area contributed by atoms with Gasteiger partial charge in [-0.3, -0.25) is 4.79 Å². The van der Waals surface area contributed by atoms with Crippen LogP contribution in [0.2, 0.25) is 0 Å². The van der Waals surface area contributed by atoms with Crippen molar-refractivity contribution >= 4 is 5.91 Å². The molecular weight excluding hydrogens is 240 g/mol. The second kappa shape index (κ2) is 4.67. The quantitative estimate of drug-likeness (QED) is 0.831. The average molecular weight is 256 g/mol. The van der Waals surface area contributed by atoms with E-state index in [1.807, 2.05) is 4.90 Å². The number of hydrogen-bond acceptors (Lipinski definition) is 3. The van der Waals surface area contributed by atoms with E-state index in [0.717, 1.165) is 12.8 Å². The molecule has 2 aliphatic rings. The molecular formula is C15H16N2O2. The zero-order chi connectivity index (χ0) is 13.4. The molecule has 0 saturated carbocycles. The van der Waals surface area contributed by atoms with Gasteiger partial charge in [-0.15, -0.1) is 0 Å². The first-order chi connectivity index (χ1) is 9.19. The summed E-state index contributed by atoms with van der Waals surface area (Å²) in [6, 6.07) is 9.22. The normalized spacial score (nSPS) is 29.1. The van der Waals surface area contributed by atoms with Gasteiger partial charge in [0.2, 0.25) is 0 Å². The lowest BCUT2D eigenvalue weighted by Crippen LogP contribution is -2.48. The summed E-state index contributed by atoms with van der Waals surface area (Å²) in [6.45, 7) is 0. The summed E-state index contributed by atoms with van der Waals surface area (Å²) in [4.78, 5) is 14.5. The number of carbonyl (C=O) groups is 1. The largest absolute Gasteiger partial charge is 0.393 e. The van der Waals surface area contributed by atoms with Crippen LogP contribution < -0.4 is 0 Å². The molecule has 4 heteroatoms. The van der Waals surface area contributed by atoms with Crippen LogP contribution in [0.15, 0.2) is 24.3 Å². The van der Waals surface area contributed by atoms with Gasteiger partial charge in [0.05, 0.1) is 17.7 Å². The average Bonchev–Trinajstić information content (AvgIpc) is 2.70. The van der Waals surface area contributed by atoms with Crippen molar-refractivity contribution in [3.63, 3.8) is 0 Å². The highest BCUT2D eigenvalue weighted by Crippen LogP contribution is 2.36. The number of nitriles is 1. The highest BCUT2D eigenvalue weighted by atomic mass is 16.3. The molecule has 3 rings (SSSR count). The smallest absolute Gasteiger partial charge is 0.254 e.